The van der Waals surface area contributed by atoms with E-state index in [2.05, 4.69) is 10.3 Å². The van der Waals surface area contributed by atoms with E-state index in [1.54, 1.807) is 7.11 Å². The molecule has 20 heavy (non-hydrogen) atoms. The number of aromatic amines is 1. The summed E-state index contributed by atoms with van der Waals surface area (Å²) in [7, 11) is 1.75. The van der Waals surface area contributed by atoms with E-state index in [0.717, 1.165) is 42.3 Å². The molecule has 1 fully saturated rings. The molecule has 3 rings (SSSR count). The molecule has 0 unspecified atom stereocenters. The molecule has 106 valence electrons. The number of fused-ring (bicyclic) bond motifs is 1. The van der Waals surface area contributed by atoms with E-state index in [-0.39, 0.29) is 11.8 Å². The Bertz CT molecular complexity index is 597. The van der Waals surface area contributed by atoms with Crippen LogP contribution in [0.3, 0.4) is 0 Å². The molecule has 0 bridgehead atoms. The highest BCUT2D eigenvalue weighted by Gasteiger charge is 2.26. The summed E-state index contributed by atoms with van der Waals surface area (Å²) >= 11 is 0. The van der Waals surface area contributed by atoms with Crippen LogP contribution < -0.4 is 5.32 Å². The Morgan fingerprint density at radius 3 is 2.80 bits per heavy atom. The zero-order valence-electron chi connectivity index (χ0n) is 11.7. The first kappa shape index (κ1) is 13.2. The molecule has 1 aromatic carbocycles. The molecule has 4 nitrogen and oxygen atoms in total. The van der Waals surface area contributed by atoms with Crippen LogP contribution in [-0.4, -0.2) is 24.1 Å². The van der Waals surface area contributed by atoms with Crippen LogP contribution >= 0.6 is 0 Å². The number of amides is 1. The van der Waals surface area contributed by atoms with Crippen molar-refractivity contribution in [3.63, 3.8) is 0 Å². The Balaban J connectivity index is 1.69. The van der Waals surface area contributed by atoms with Crippen LogP contribution in [0.15, 0.2) is 30.5 Å². The van der Waals surface area contributed by atoms with Crippen LogP contribution in [0.2, 0.25) is 0 Å². The van der Waals surface area contributed by atoms with E-state index in [9.17, 15) is 4.79 Å². The van der Waals surface area contributed by atoms with Gasteiger partial charge in [-0.3, -0.25) is 4.79 Å². The number of hydrogen-bond donors (Lipinski definition) is 2. The lowest BCUT2D eigenvalue weighted by Crippen LogP contribution is -2.29. The fourth-order valence-corrected chi connectivity index (χ4v) is 2.98. The maximum Gasteiger partial charge on any atom is 0.227 e. The summed E-state index contributed by atoms with van der Waals surface area (Å²) in [6, 6.07) is 7.95. The van der Waals surface area contributed by atoms with Crippen molar-refractivity contribution in [1.29, 1.82) is 0 Å². The summed E-state index contributed by atoms with van der Waals surface area (Å²) in [5.41, 5.74) is 1.86. The monoisotopic (exact) mass is 272 g/mol. The van der Waals surface area contributed by atoms with Crippen molar-refractivity contribution in [2.45, 2.75) is 31.8 Å². The van der Waals surface area contributed by atoms with Crippen molar-refractivity contribution in [3.8, 4) is 0 Å². The zero-order chi connectivity index (χ0) is 13.9. The van der Waals surface area contributed by atoms with E-state index in [1.165, 1.54) is 0 Å². The Kier molecular flexibility index (Phi) is 3.74. The van der Waals surface area contributed by atoms with Gasteiger partial charge in [-0.1, -0.05) is 12.1 Å². The number of methoxy groups -OCH3 is 1. The molecule has 1 aromatic heterocycles. The number of ether oxygens (including phenoxy) is 1. The summed E-state index contributed by atoms with van der Waals surface area (Å²) in [6.45, 7) is 0. The first-order valence-corrected chi connectivity index (χ1v) is 7.17. The standard InChI is InChI=1S/C16H20N2O2/c1-20-13-7-5-12(6-8-13)16(19)18-14-4-2-3-11-9-10-17-15(11)14/h2-4,9-10,12-13,17H,5-8H2,1H3,(H,18,19). The average molecular weight is 272 g/mol. The number of para-hydroxylation sites is 1. The summed E-state index contributed by atoms with van der Waals surface area (Å²) in [5.74, 6) is 0.230. The Morgan fingerprint density at radius 2 is 2.05 bits per heavy atom. The molecule has 4 heteroatoms. The number of H-pyrrole nitrogens is 1. The van der Waals surface area contributed by atoms with Gasteiger partial charge in [-0.25, -0.2) is 0 Å². The lowest BCUT2D eigenvalue weighted by atomic mass is 9.86. The lowest BCUT2D eigenvalue weighted by Gasteiger charge is -2.26. The Hall–Kier alpha value is -1.81. The topological polar surface area (TPSA) is 54.1 Å². The number of anilines is 1. The number of carbonyl (C=O) groups excluding carboxylic acids is 1. The minimum atomic E-state index is 0.103. The number of benzene rings is 1. The third-order valence-electron chi connectivity index (χ3n) is 4.22. The first-order chi connectivity index (χ1) is 9.78. The van der Waals surface area contributed by atoms with Crippen molar-refractivity contribution in [2.24, 2.45) is 5.92 Å². The smallest absolute Gasteiger partial charge is 0.227 e. The number of carbonyl (C=O) groups is 1. The quantitative estimate of drug-likeness (QED) is 0.900. The van der Waals surface area contributed by atoms with Gasteiger partial charge in [-0.15, -0.1) is 0 Å². The van der Waals surface area contributed by atoms with E-state index in [0.29, 0.717) is 6.10 Å². The van der Waals surface area contributed by atoms with E-state index < -0.39 is 0 Å². The van der Waals surface area contributed by atoms with Crippen LogP contribution in [0, 0.1) is 5.92 Å². The van der Waals surface area contributed by atoms with Gasteiger partial charge < -0.3 is 15.0 Å². The van der Waals surface area contributed by atoms with Crippen LogP contribution in [0.5, 0.6) is 0 Å². The molecule has 0 saturated heterocycles. The molecule has 0 atom stereocenters. The van der Waals surface area contributed by atoms with Gasteiger partial charge in [0, 0.05) is 24.6 Å². The lowest BCUT2D eigenvalue weighted by molar-refractivity contribution is -0.121. The van der Waals surface area contributed by atoms with Gasteiger partial charge in [0.1, 0.15) is 0 Å². The Labute approximate surface area is 118 Å². The highest BCUT2D eigenvalue weighted by molar-refractivity contribution is 6.01. The second kappa shape index (κ2) is 5.67. The molecule has 0 aliphatic heterocycles. The SMILES string of the molecule is COC1CCC(C(=O)Nc2cccc3cc[nH]c23)CC1. The predicted octanol–water partition coefficient (Wildman–Crippen LogP) is 3.31. The van der Waals surface area contributed by atoms with Gasteiger partial charge in [-0.05, 0) is 37.8 Å². The van der Waals surface area contributed by atoms with Crippen LogP contribution in [-0.2, 0) is 9.53 Å². The average Bonchev–Trinajstić information content (AvgIpc) is 2.97. The normalized spacial score (nSPS) is 22.9. The van der Waals surface area contributed by atoms with Gasteiger partial charge >= 0.3 is 0 Å². The van der Waals surface area contributed by atoms with Gasteiger partial charge in [0.15, 0.2) is 0 Å². The zero-order valence-corrected chi connectivity index (χ0v) is 11.7. The molecule has 1 amide bonds. The highest BCUT2D eigenvalue weighted by Crippen LogP contribution is 2.28. The number of aromatic nitrogens is 1. The molecule has 2 aromatic rings. The van der Waals surface area contributed by atoms with E-state index >= 15 is 0 Å². The van der Waals surface area contributed by atoms with E-state index in [4.69, 9.17) is 4.74 Å². The van der Waals surface area contributed by atoms with Crippen molar-refractivity contribution < 1.29 is 9.53 Å². The van der Waals surface area contributed by atoms with Crippen LogP contribution in [0.4, 0.5) is 5.69 Å². The number of hydrogen-bond acceptors (Lipinski definition) is 2. The highest BCUT2D eigenvalue weighted by atomic mass is 16.5. The predicted molar refractivity (Wildman–Crippen MR) is 79.7 cm³/mol. The molecule has 1 aliphatic carbocycles. The molecule has 1 heterocycles. The second-order valence-electron chi connectivity index (χ2n) is 5.45. The molecule has 0 radical (unpaired) electrons. The van der Waals surface area contributed by atoms with Crippen molar-refractivity contribution >= 4 is 22.5 Å². The van der Waals surface area contributed by atoms with Crippen molar-refractivity contribution in [3.05, 3.63) is 30.5 Å². The summed E-state index contributed by atoms with van der Waals surface area (Å²) in [6.07, 6.45) is 5.98. The fraction of sp³-hybridized carbons (Fsp3) is 0.438. The third-order valence-corrected chi connectivity index (χ3v) is 4.22. The van der Waals surface area contributed by atoms with Crippen molar-refractivity contribution in [2.75, 3.05) is 12.4 Å². The van der Waals surface area contributed by atoms with Crippen molar-refractivity contribution in [1.82, 2.24) is 4.98 Å². The van der Waals surface area contributed by atoms with Crippen LogP contribution in [0.25, 0.3) is 10.9 Å². The van der Waals surface area contributed by atoms with Gasteiger partial charge in [0.2, 0.25) is 5.91 Å². The summed E-state index contributed by atoms with van der Waals surface area (Å²) in [4.78, 5) is 15.5. The first-order valence-electron chi connectivity index (χ1n) is 7.17. The molecular weight excluding hydrogens is 252 g/mol. The molecule has 2 N–H and O–H groups in total. The third kappa shape index (κ3) is 2.56. The molecule has 0 spiro atoms. The Morgan fingerprint density at radius 1 is 1.25 bits per heavy atom. The largest absolute Gasteiger partial charge is 0.381 e. The molecule has 1 aliphatic rings. The fourth-order valence-electron chi connectivity index (χ4n) is 2.98. The van der Waals surface area contributed by atoms with Gasteiger partial charge in [0.25, 0.3) is 0 Å². The minimum Gasteiger partial charge on any atom is -0.381 e. The number of rotatable bonds is 3. The summed E-state index contributed by atoms with van der Waals surface area (Å²) < 4.78 is 5.35. The van der Waals surface area contributed by atoms with Gasteiger partial charge in [-0.2, -0.15) is 0 Å². The maximum atomic E-state index is 12.4. The van der Waals surface area contributed by atoms with E-state index in [1.807, 2.05) is 30.5 Å². The minimum absolute atomic E-state index is 0.103. The van der Waals surface area contributed by atoms with Gasteiger partial charge in [0.05, 0.1) is 17.3 Å². The maximum absolute atomic E-state index is 12.4. The van der Waals surface area contributed by atoms with Crippen LogP contribution in [0.1, 0.15) is 25.7 Å². The second-order valence-corrected chi connectivity index (χ2v) is 5.45. The molecule has 1 saturated carbocycles. The number of nitrogens with one attached hydrogen (secondary N) is 2. The molecular formula is C16H20N2O2. The summed E-state index contributed by atoms with van der Waals surface area (Å²) in [5, 5.41) is 4.18.